The lowest BCUT2D eigenvalue weighted by molar-refractivity contribution is -0.131. The number of nitrogen functional groups attached to an aromatic ring is 1. The molecule has 1 aromatic rings. The van der Waals surface area contributed by atoms with Gasteiger partial charge in [-0.15, -0.1) is 12.4 Å². The van der Waals surface area contributed by atoms with E-state index in [-0.39, 0.29) is 18.3 Å². The number of amides is 1. The molecular formula is C17H26ClN3O. The second kappa shape index (κ2) is 7.34. The van der Waals surface area contributed by atoms with Crippen LogP contribution in [0.2, 0.25) is 0 Å². The SMILES string of the molecule is CN1C2CCC1CN(C(=O)CCc1ccccc1N)CC2.Cl. The van der Waals surface area contributed by atoms with E-state index in [9.17, 15) is 4.79 Å². The van der Waals surface area contributed by atoms with Gasteiger partial charge in [0.25, 0.3) is 0 Å². The molecule has 5 heteroatoms. The summed E-state index contributed by atoms with van der Waals surface area (Å²) in [7, 11) is 2.21. The van der Waals surface area contributed by atoms with E-state index in [0.717, 1.165) is 37.2 Å². The molecule has 0 radical (unpaired) electrons. The smallest absolute Gasteiger partial charge is 0.222 e. The number of likely N-dealkylation sites (N-methyl/N-ethyl adjacent to an activating group) is 1. The largest absolute Gasteiger partial charge is 0.399 e. The molecule has 22 heavy (non-hydrogen) atoms. The van der Waals surface area contributed by atoms with Gasteiger partial charge in [-0.05, 0) is 44.4 Å². The fraction of sp³-hybridized carbons (Fsp3) is 0.588. The number of nitrogens with two attached hydrogens (primary N) is 1. The lowest BCUT2D eigenvalue weighted by Crippen LogP contribution is -2.39. The van der Waals surface area contributed by atoms with Gasteiger partial charge in [-0.1, -0.05) is 18.2 Å². The van der Waals surface area contributed by atoms with E-state index in [2.05, 4.69) is 16.8 Å². The first-order valence-electron chi connectivity index (χ1n) is 7.98. The summed E-state index contributed by atoms with van der Waals surface area (Å²) in [6.07, 6.45) is 4.95. The number of rotatable bonds is 3. The lowest BCUT2D eigenvalue weighted by atomic mass is 10.1. The molecule has 2 aliphatic rings. The molecule has 2 heterocycles. The molecule has 2 atom stereocenters. The van der Waals surface area contributed by atoms with Gasteiger partial charge >= 0.3 is 0 Å². The van der Waals surface area contributed by atoms with Gasteiger partial charge in [0, 0.05) is 37.3 Å². The van der Waals surface area contributed by atoms with Crippen molar-refractivity contribution >= 4 is 24.0 Å². The second-order valence-corrected chi connectivity index (χ2v) is 6.38. The van der Waals surface area contributed by atoms with E-state index in [1.54, 1.807) is 0 Å². The summed E-state index contributed by atoms with van der Waals surface area (Å²) < 4.78 is 0. The van der Waals surface area contributed by atoms with Gasteiger partial charge in [-0.25, -0.2) is 0 Å². The molecule has 0 aliphatic carbocycles. The Morgan fingerprint density at radius 2 is 1.95 bits per heavy atom. The number of halogens is 1. The normalized spacial score (nSPS) is 24.7. The third kappa shape index (κ3) is 3.55. The minimum absolute atomic E-state index is 0. The molecule has 2 unspecified atom stereocenters. The third-order valence-electron chi connectivity index (χ3n) is 5.16. The molecule has 2 aliphatic heterocycles. The Balaban J connectivity index is 0.00000176. The molecule has 122 valence electrons. The topological polar surface area (TPSA) is 49.6 Å². The highest BCUT2D eigenvalue weighted by molar-refractivity contribution is 5.85. The van der Waals surface area contributed by atoms with Gasteiger partial charge in [0.1, 0.15) is 0 Å². The Hall–Kier alpha value is -1.26. The molecular weight excluding hydrogens is 298 g/mol. The van der Waals surface area contributed by atoms with Gasteiger partial charge in [0.05, 0.1) is 0 Å². The summed E-state index contributed by atoms with van der Waals surface area (Å²) >= 11 is 0. The number of benzene rings is 1. The van der Waals surface area contributed by atoms with E-state index in [1.807, 2.05) is 24.3 Å². The first-order valence-corrected chi connectivity index (χ1v) is 7.98. The average Bonchev–Trinajstić information content (AvgIpc) is 2.71. The van der Waals surface area contributed by atoms with E-state index < -0.39 is 0 Å². The number of anilines is 1. The van der Waals surface area contributed by atoms with Crippen molar-refractivity contribution in [1.82, 2.24) is 9.80 Å². The standard InChI is InChI=1S/C17H25N3O.ClH/c1-19-14-7-8-15(19)12-20(11-10-14)17(21)9-6-13-4-2-3-5-16(13)18;/h2-5,14-15H,6-12,18H2,1H3;1H. The zero-order chi connectivity index (χ0) is 14.8. The summed E-state index contributed by atoms with van der Waals surface area (Å²) in [5, 5.41) is 0. The van der Waals surface area contributed by atoms with Crippen molar-refractivity contribution in [3.63, 3.8) is 0 Å². The number of carbonyl (C=O) groups is 1. The number of likely N-dealkylation sites (tertiary alicyclic amines) is 1. The number of nitrogens with zero attached hydrogens (tertiary/aromatic N) is 2. The third-order valence-corrected chi connectivity index (χ3v) is 5.16. The zero-order valence-corrected chi connectivity index (χ0v) is 14.0. The van der Waals surface area contributed by atoms with Crippen LogP contribution in [0.15, 0.2) is 24.3 Å². The van der Waals surface area contributed by atoms with Gasteiger partial charge in [0.2, 0.25) is 5.91 Å². The highest BCUT2D eigenvalue weighted by Crippen LogP contribution is 2.28. The van der Waals surface area contributed by atoms with Crippen molar-refractivity contribution in [2.24, 2.45) is 0 Å². The molecule has 1 amide bonds. The molecule has 2 fully saturated rings. The molecule has 1 aromatic carbocycles. The Morgan fingerprint density at radius 1 is 1.23 bits per heavy atom. The molecule has 4 nitrogen and oxygen atoms in total. The van der Waals surface area contributed by atoms with Crippen LogP contribution >= 0.6 is 12.4 Å². The van der Waals surface area contributed by atoms with Crippen LogP contribution in [0.3, 0.4) is 0 Å². The quantitative estimate of drug-likeness (QED) is 0.868. The number of fused-ring (bicyclic) bond motifs is 2. The van der Waals surface area contributed by atoms with E-state index in [1.165, 1.54) is 12.8 Å². The minimum atomic E-state index is 0. The van der Waals surface area contributed by atoms with Crippen LogP contribution in [0.5, 0.6) is 0 Å². The fourth-order valence-electron chi connectivity index (χ4n) is 3.70. The summed E-state index contributed by atoms with van der Waals surface area (Å²) in [5.41, 5.74) is 7.82. The van der Waals surface area contributed by atoms with Crippen molar-refractivity contribution in [3.05, 3.63) is 29.8 Å². The van der Waals surface area contributed by atoms with Crippen LogP contribution < -0.4 is 5.73 Å². The van der Waals surface area contributed by atoms with E-state index >= 15 is 0 Å². The van der Waals surface area contributed by atoms with Crippen LogP contribution in [0, 0.1) is 0 Å². The van der Waals surface area contributed by atoms with Crippen molar-refractivity contribution in [2.45, 2.75) is 44.2 Å². The first-order chi connectivity index (χ1) is 10.1. The van der Waals surface area contributed by atoms with Crippen LogP contribution in [-0.2, 0) is 11.2 Å². The number of aryl methyl sites for hydroxylation is 1. The van der Waals surface area contributed by atoms with Gasteiger partial charge in [0.15, 0.2) is 0 Å². The number of hydrogen-bond acceptors (Lipinski definition) is 3. The maximum atomic E-state index is 12.5. The lowest BCUT2D eigenvalue weighted by Gasteiger charge is -2.26. The Bertz CT molecular complexity index is 522. The Kier molecular flexibility index (Phi) is 5.70. The predicted molar refractivity (Wildman–Crippen MR) is 92.2 cm³/mol. The predicted octanol–water partition coefficient (Wildman–Crippen LogP) is 2.32. The van der Waals surface area contributed by atoms with Gasteiger partial charge in [-0.2, -0.15) is 0 Å². The second-order valence-electron chi connectivity index (χ2n) is 6.38. The molecule has 0 saturated carbocycles. The van der Waals surface area contributed by atoms with Gasteiger partial charge < -0.3 is 10.6 Å². The summed E-state index contributed by atoms with van der Waals surface area (Å²) in [5.74, 6) is 0.277. The monoisotopic (exact) mass is 323 g/mol. The van der Waals surface area contributed by atoms with E-state index in [0.29, 0.717) is 18.5 Å². The van der Waals surface area contributed by atoms with Crippen LogP contribution in [0.4, 0.5) is 5.69 Å². The zero-order valence-electron chi connectivity index (χ0n) is 13.2. The van der Waals surface area contributed by atoms with Gasteiger partial charge in [-0.3, -0.25) is 9.69 Å². The Morgan fingerprint density at radius 3 is 2.73 bits per heavy atom. The van der Waals surface area contributed by atoms with Crippen molar-refractivity contribution in [2.75, 3.05) is 25.9 Å². The molecule has 3 rings (SSSR count). The van der Waals surface area contributed by atoms with E-state index in [4.69, 9.17) is 5.73 Å². The molecule has 0 spiro atoms. The number of para-hydroxylation sites is 1. The molecule has 2 saturated heterocycles. The molecule has 0 aromatic heterocycles. The highest BCUT2D eigenvalue weighted by atomic mass is 35.5. The van der Waals surface area contributed by atoms with Crippen LogP contribution in [0.25, 0.3) is 0 Å². The maximum absolute atomic E-state index is 12.5. The molecule has 2 N–H and O–H groups in total. The van der Waals surface area contributed by atoms with Crippen molar-refractivity contribution in [1.29, 1.82) is 0 Å². The summed E-state index contributed by atoms with van der Waals surface area (Å²) in [4.78, 5) is 17.0. The highest BCUT2D eigenvalue weighted by Gasteiger charge is 2.35. The van der Waals surface area contributed by atoms with Crippen LogP contribution in [-0.4, -0.2) is 47.9 Å². The first kappa shape index (κ1) is 17.1. The Labute approximate surface area is 139 Å². The summed E-state index contributed by atoms with van der Waals surface area (Å²) in [6, 6.07) is 9.07. The summed E-state index contributed by atoms with van der Waals surface area (Å²) in [6.45, 7) is 1.81. The van der Waals surface area contributed by atoms with Crippen molar-refractivity contribution < 1.29 is 4.79 Å². The minimum Gasteiger partial charge on any atom is -0.399 e. The fourth-order valence-corrected chi connectivity index (χ4v) is 3.70. The average molecular weight is 324 g/mol. The van der Waals surface area contributed by atoms with Crippen LogP contribution in [0.1, 0.15) is 31.2 Å². The van der Waals surface area contributed by atoms with Crippen molar-refractivity contribution in [3.8, 4) is 0 Å². The number of carbonyl (C=O) groups excluding carboxylic acids is 1. The molecule has 2 bridgehead atoms. The maximum Gasteiger partial charge on any atom is 0.222 e. The number of hydrogen-bond donors (Lipinski definition) is 1.